The number of nitrogens with one attached hydrogen (secondary N) is 1. The Bertz CT molecular complexity index is 304. The smallest absolute Gasteiger partial charge is 0.0632 e. The summed E-state index contributed by atoms with van der Waals surface area (Å²) in [6, 6.07) is 11.1. The second kappa shape index (κ2) is 6.28. The zero-order valence-corrected chi connectivity index (χ0v) is 10.5. The topological polar surface area (TPSA) is 21.3 Å². The van der Waals surface area contributed by atoms with E-state index in [1.165, 1.54) is 11.3 Å². The van der Waals surface area contributed by atoms with Crippen molar-refractivity contribution < 1.29 is 4.74 Å². The van der Waals surface area contributed by atoms with Gasteiger partial charge in [0.2, 0.25) is 0 Å². The summed E-state index contributed by atoms with van der Waals surface area (Å²) in [6.45, 7) is 4.99. The molecule has 0 bridgehead atoms. The largest absolute Gasteiger partial charge is 0.379 e. The normalized spacial score (nSPS) is 24.8. The van der Waals surface area contributed by atoms with Gasteiger partial charge in [-0.3, -0.25) is 0 Å². The third-order valence-electron chi connectivity index (χ3n) is 2.72. The van der Waals surface area contributed by atoms with Crippen LogP contribution in [0.4, 0.5) is 0 Å². The minimum atomic E-state index is 0.505. The summed E-state index contributed by atoms with van der Waals surface area (Å²) < 4.78 is 5.56. The molecular weight excluding hydrogens is 218 g/mol. The molecule has 1 N–H and O–H groups in total. The van der Waals surface area contributed by atoms with Gasteiger partial charge in [-0.15, -0.1) is 11.8 Å². The highest BCUT2D eigenvalue weighted by atomic mass is 32.2. The van der Waals surface area contributed by atoms with Gasteiger partial charge in [-0.1, -0.05) is 25.1 Å². The first-order valence-corrected chi connectivity index (χ1v) is 6.81. The van der Waals surface area contributed by atoms with Gasteiger partial charge in [0.1, 0.15) is 0 Å². The first-order valence-electron chi connectivity index (χ1n) is 5.93. The highest BCUT2D eigenvalue weighted by molar-refractivity contribution is 8.00. The first-order chi connectivity index (χ1) is 7.90. The van der Waals surface area contributed by atoms with Crippen molar-refractivity contribution >= 4 is 11.8 Å². The lowest BCUT2D eigenvalue weighted by molar-refractivity contribution is 0.190. The molecule has 0 amide bonds. The summed E-state index contributed by atoms with van der Waals surface area (Å²) in [6.07, 6.45) is 1.18. The van der Waals surface area contributed by atoms with Gasteiger partial charge in [0.25, 0.3) is 0 Å². The Morgan fingerprint density at radius 2 is 2.12 bits per heavy atom. The minimum Gasteiger partial charge on any atom is -0.379 e. The van der Waals surface area contributed by atoms with Crippen LogP contribution in [0, 0.1) is 0 Å². The van der Waals surface area contributed by atoms with Crippen LogP contribution in [0.15, 0.2) is 35.2 Å². The molecule has 0 spiro atoms. The maximum absolute atomic E-state index is 5.56. The molecule has 2 atom stereocenters. The Kier molecular flexibility index (Phi) is 4.69. The summed E-state index contributed by atoms with van der Waals surface area (Å²) in [7, 11) is 0. The first kappa shape index (κ1) is 12.0. The van der Waals surface area contributed by atoms with Crippen molar-refractivity contribution in [1.29, 1.82) is 0 Å². The standard InChI is InChI=1S/C13H19NOS/c1-2-8-14-12-9-15-10-13(12)16-11-6-4-3-5-7-11/h3-7,12-14H,2,8-10H2,1H3. The number of ether oxygens (including phenoxy) is 1. The molecule has 1 aromatic rings. The van der Waals surface area contributed by atoms with E-state index in [2.05, 4.69) is 42.6 Å². The lowest BCUT2D eigenvalue weighted by Gasteiger charge is -2.18. The summed E-state index contributed by atoms with van der Waals surface area (Å²) in [5.74, 6) is 0. The molecule has 2 nitrogen and oxygen atoms in total. The number of hydrogen-bond donors (Lipinski definition) is 1. The number of benzene rings is 1. The van der Waals surface area contributed by atoms with E-state index < -0.39 is 0 Å². The fraction of sp³-hybridized carbons (Fsp3) is 0.538. The molecule has 16 heavy (non-hydrogen) atoms. The molecule has 0 radical (unpaired) electrons. The fourth-order valence-corrected chi connectivity index (χ4v) is 3.01. The van der Waals surface area contributed by atoms with Crippen LogP contribution in [0.1, 0.15) is 13.3 Å². The summed E-state index contributed by atoms with van der Waals surface area (Å²) in [5, 5.41) is 4.11. The third kappa shape index (κ3) is 3.24. The molecule has 1 aromatic carbocycles. The van der Waals surface area contributed by atoms with Gasteiger partial charge in [-0.25, -0.2) is 0 Å². The van der Waals surface area contributed by atoms with Crippen LogP contribution in [0.25, 0.3) is 0 Å². The van der Waals surface area contributed by atoms with Gasteiger partial charge in [0.05, 0.1) is 18.5 Å². The zero-order chi connectivity index (χ0) is 11.2. The molecule has 1 heterocycles. The average molecular weight is 237 g/mol. The molecule has 1 fully saturated rings. The zero-order valence-electron chi connectivity index (χ0n) is 9.69. The van der Waals surface area contributed by atoms with E-state index in [4.69, 9.17) is 4.74 Å². The molecule has 1 aliphatic heterocycles. The Labute approximate surface area is 102 Å². The van der Waals surface area contributed by atoms with E-state index in [1.54, 1.807) is 0 Å². The van der Waals surface area contributed by atoms with E-state index >= 15 is 0 Å². The van der Waals surface area contributed by atoms with Gasteiger partial charge >= 0.3 is 0 Å². The van der Waals surface area contributed by atoms with Crippen molar-refractivity contribution in [2.75, 3.05) is 19.8 Å². The van der Waals surface area contributed by atoms with Gasteiger partial charge in [0.15, 0.2) is 0 Å². The quantitative estimate of drug-likeness (QED) is 0.850. The van der Waals surface area contributed by atoms with Crippen LogP contribution in [0.5, 0.6) is 0 Å². The SMILES string of the molecule is CCCNC1COCC1Sc1ccccc1. The number of rotatable bonds is 5. The van der Waals surface area contributed by atoms with Crippen LogP contribution >= 0.6 is 11.8 Å². The van der Waals surface area contributed by atoms with Crippen molar-refractivity contribution in [2.24, 2.45) is 0 Å². The summed E-state index contributed by atoms with van der Waals surface area (Å²) >= 11 is 1.92. The Morgan fingerprint density at radius 1 is 1.31 bits per heavy atom. The molecule has 3 heteroatoms. The van der Waals surface area contributed by atoms with Gasteiger partial charge in [-0.05, 0) is 25.1 Å². The van der Waals surface area contributed by atoms with E-state index in [9.17, 15) is 0 Å². The van der Waals surface area contributed by atoms with E-state index in [0.29, 0.717) is 11.3 Å². The van der Waals surface area contributed by atoms with Crippen LogP contribution in [-0.2, 0) is 4.74 Å². The highest BCUT2D eigenvalue weighted by Crippen LogP contribution is 2.28. The molecule has 88 valence electrons. The minimum absolute atomic E-state index is 0.505. The predicted octanol–water partition coefficient (Wildman–Crippen LogP) is 2.55. The van der Waals surface area contributed by atoms with Crippen molar-refractivity contribution in [3.63, 3.8) is 0 Å². The molecule has 0 aliphatic carbocycles. The molecule has 0 saturated carbocycles. The molecule has 2 rings (SSSR count). The van der Waals surface area contributed by atoms with E-state index in [0.717, 1.165) is 19.8 Å². The third-order valence-corrected chi connectivity index (χ3v) is 4.03. The van der Waals surface area contributed by atoms with Crippen LogP contribution in [0.2, 0.25) is 0 Å². The fourth-order valence-electron chi connectivity index (χ4n) is 1.84. The van der Waals surface area contributed by atoms with Crippen molar-refractivity contribution in [3.8, 4) is 0 Å². The highest BCUT2D eigenvalue weighted by Gasteiger charge is 2.28. The second-order valence-electron chi connectivity index (χ2n) is 4.07. The Balaban J connectivity index is 1.88. The molecule has 1 saturated heterocycles. The van der Waals surface area contributed by atoms with Gasteiger partial charge in [-0.2, -0.15) is 0 Å². The molecule has 1 aliphatic rings. The summed E-state index contributed by atoms with van der Waals surface area (Å²) in [5.41, 5.74) is 0. The van der Waals surface area contributed by atoms with Crippen molar-refractivity contribution in [2.45, 2.75) is 29.5 Å². The number of thioether (sulfide) groups is 1. The van der Waals surface area contributed by atoms with E-state index in [-0.39, 0.29) is 0 Å². The Hall–Kier alpha value is -0.510. The monoisotopic (exact) mass is 237 g/mol. The molecular formula is C13H19NOS. The maximum atomic E-state index is 5.56. The Morgan fingerprint density at radius 3 is 2.88 bits per heavy atom. The van der Waals surface area contributed by atoms with Crippen LogP contribution < -0.4 is 5.32 Å². The van der Waals surface area contributed by atoms with Crippen LogP contribution in [-0.4, -0.2) is 31.1 Å². The molecule has 0 aromatic heterocycles. The van der Waals surface area contributed by atoms with E-state index in [1.807, 2.05) is 11.8 Å². The van der Waals surface area contributed by atoms with Crippen LogP contribution in [0.3, 0.4) is 0 Å². The van der Waals surface area contributed by atoms with Gasteiger partial charge in [0, 0.05) is 10.9 Å². The lowest BCUT2D eigenvalue weighted by atomic mass is 10.2. The van der Waals surface area contributed by atoms with Gasteiger partial charge < -0.3 is 10.1 Å². The van der Waals surface area contributed by atoms with Crippen molar-refractivity contribution in [1.82, 2.24) is 5.32 Å². The summed E-state index contributed by atoms with van der Waals surface area (Å²) in [4.78, 5) is 1.33. The van der Waals surface area contributed by atoms with Crippen molar-refractivity contribution in [3.05, 3.63) is 30.3 Å². The second-order valence-corrected chi connectivity index (χ2v) is 5.38. The lowest BCUT2D eigenvalue weighted by Crippen LogP contribution is -2.37. The molecule has 2 unspecified atom stereocenters. The number of hydrogen-bond acceptors (Lipinski definition) is 3. The average Bonchev–Trinajstić information content (AvgIpc) is 2.75. The predicted molar refractivity (Wildman–Crippen MR) is 69.0 cm³/mol. The maximum Gasteiger partial charge on any atom is 0.0632 e.